The van der Waals surface area contributed by atoms with E-state index in [-0.39, 0.29) is 12.8 Å². The van der Waals surface area contributed by atoms with Gasteiger partial charge in [0.05, 0.1) is 23.1 Å². The molecule has 0 spiro atoms. The summed E-state index contributed by atoms with van der Waals surface area (Å²) in [5, 5.41) is 10.1. The van der Waals surface area contributed by atoms with Crippen LogP contribution >= 0.6 is 23.2 Å². The van der Waals surface area contributed by atoms with E-state index in [1.165, 1.54) is 11.9 Å². The van der Waals surface area contributed by atoms with Crippen molar-refractivity contribution in [1.82, 2.24) is 9.21 Å². The molecule has 4 rings (SSSR count). The fourth-order valence-corrected chi connectivity index (χ4v) is 7.51. The summed E-state index contributed by atoms with van der Waals surface area (Å²) >= 11 is 12.5. The van der Waals surface area contributed by atoms with Crippen molar-refractivity contribution in [2.75, 3.05) is 7.05 Å². The molecule has 8 nitrogen and oxygen atoms in total. The summed E-state index contributed by atoms with van der Waals surface area (Å²) in [6, 6.07) is 12.2. The highest BCUT2D eigenvalue weighted by atomic mass is 35.5. The lowest BCUT2D eigenvalue weighted by molar-refractivity contribution is -0.163. The van der Waals surface area contributed by atoms with Gasteiger partial charge in [-0.2, -0.15) is 0 Å². The predicted octanol–water partition coefficient (Wildman–Crippen LogP) is 5.26. The standard InChI is InChI=1S/C28H32Cl2N2O6S/c1-4-23(26(35)31(3)39(37,38)21-12-13-21)32-25(17-8-10-19(29)11-9-17)22(18-6-5-7-20(30)14-18)15-28(2,27(32)36)16-24(33)34/h5-11,14,21-23,25H,4,12-13,15-16H2,1-3H3,(H,33,34)/t22-,23-,25-,28-/m1/s1. The molecule has 1 aliphatic carbocycles. The van der Waals surface area contributed by atoms with Crippen molar-refractivity contribution in [3.63, 3.8) is 0 Å². The SMILES string of the molecule is CC[C@H](C(=O)N(C)S(=O)(=O)C1CC1)N1C(=O)[C@@](C)(CC(=O)O)C[C@H](c2cccc(Cl)c2)[C@H]1c1ccc(Cl)cc1. The molecular weight excluding hydrogens is 563 g/mol. The zero-order chi connectivity index (χ0) is 28.7. The Morgan fingerprint density at radius 1 is 1.10 bits per heavy atom. The maximum atomic E-state index is 14.3. The van der Waals surface area contributed by atoms with Gasteiger partial charge in [0.15, 0.2) is 0 Å². The van der Waals surface area contributed by atoms with Crippen molar-refractivity contribution in [2.24, 2.45) is 5.41 Å². The number of nitrogens with zero attached hydrogens (tertiary/aromatic N) is 2. The van der Waals surface area contributed by atoms with E-state index >= 15 is 0 Å². The highest BCUT2D eigenvalue weighted by molar-refractivity contribution is 7.90. The zero-order valence-corrected chi connectivity index (χ0v) is 24.3. The summed E-state index contributed by atoms with van der Waals surface area (Å²) in [7, 11) is -2.63. The van der Waals surface area contributed by atoms with E-state index in [1.54, 1.807) is 56.3 Å². The number of carboxylic acids is 1. The van der Waals surface area contributed by atoms with Gasteiger partial charge in [-0.25, -0.2) is 12.7 Å². The summed E-state index contributed by atoms with van der Waals surface area (Å²) in [6.45, 7) is 3.30. The van der Waals surface area contributed by atoms with Gasteiger partial charge in [0.2, 0.25) is 15.9 Å². The molecule has 2 aromatic rings. The molecule has 1 saturated carbocycles. The van der Waals surface area contributed by atoms with Gasteiger partial charge in [-0.1, -0.05) is 61.3 Å². The third kappa shape index (κ3) is 5.81. The lowest BCUT2D eigenvalue weighted by Gasteiger charge is -2.51. The first-order valence-corrected chi connectivity index (χ1v) is 15.1. The Kier molecular flexibility index (Phi) is 8.36. The normalized spacial score (nSPS) is 24.3. The minimum absolute atomic E-state index is 0.130. The minimum atomic E-state index is -3.87. The van der Waals surface area contributed by atoms with Crippen LogP contribution < -0.4 is 0 Å². The first-order chi connectivity index (χ1) is 18.3. The summed E-state index contributed by atoms with van der Waals surface area (Å²) in [5.74, 6) is -2.82. The lowest BCUT2D eigenvalue weighted by Crippen LogP contribution is -2.60. The minimum Gasteiger partial charge on any atom is -0.481 e. The molecule has 2 fully saturated rings. The Bertz CT molecular complexity index is 1380. The number of piperidine rings is 1. The van der Waals surface area contributed by atoms with Crippen LogP contribution in [-0.4, -0.2) is 58.9 Å². The number of halogens is 2. The van der Waals surface area contributed by atoms with Crippen LogP contribution in [-0.2, 0) is 24.4 Å². The van der Waals surface area contributed by atoms with E-state index in [2.05, 4.69) is 0 Å². The van der Waals surface area contributed by atoms with Crippen LogP contribution in [0, 0.1) is 5.41 Å². The molecule has 39 heavy (non-hydrogen) atoms. The number of likely N-dealkylation sites (tertiary alicyclic amines) is 1. The molecule has 2 amide bonds. The number of hydrogen-bond donors (Lipinski definition) is 1. The second kappa shape index (κ2) is 11.1. The molecule has 210 valence electrons. The third-order valence-corrected chi connectivity index (χ3v) is 10.5. The van der Waals surface area contributed by atoms with Crippen molar-refractivity contribution < 1.29 is 27.9 Å². The number of rotatable bonds is 9. The van der Waals surface area contributed by atoms with E-state index in [4.69, 9.17) is 23.2 Å². The number of carbonyl (C=O) groups excluding carboxylic acids is 2. The van der Waals surface area contributed by atoms with Crippen molar-refractivity contribution in [1.29, 1.82) is 0 Å². The number of aliphatic carboxylic acids is 1. The predicted molar refractivity (Wildman–Crippen MR) is 149 cm³/mol. The summed E-state index contributed by atoms with van der Waals surface area (Å²) in [5.41, 5.74) is 0.107. The Balaban J connectivity index is 1.91. The Morgan fingerprint density at radius 2 is 1.74 bits per heavy atom. The summed E-state index contributed by atoms with van der Waals surface area (Å²) < 4.78 is 26.8. The number of benzene rings is 2. The van der Waals surface area contributed by atoms with Gasteiger partial charge in [-0.15, -0.1) is 0 Å². The van der Waals surface area contributed by atoms with Crippen molar-refractivity contribution in [2.45, 2.75) is 69.2 Å². The number of carboxylic acid groups (broad SMARTS) is 1. The van der Waals surface area contributed by atoms with E-state index in [9.17, 15) is 27.9 Å². The molecular formula is C28H32Cl2N2O6S. The lowest BCUT2D eigenvalue weighted by atomic mass is 9.67. The topological polar surface area (TPSA) is 112 Å². The van der Waals surface area contributed by atoms with Crippen LogP contribution in [0.25, 0.3) is 0 Å². The zero-order valence-electron chi connectivity index (χ0n) is 22.0. The van der Waals surface area contributed by atoms with E-state index in [0.29, 0.717) is 28.5 Å². The molecule has 0 unspecified atom stereocenters. The average molecular weight is 596 g/mol. The maximum Gasteiger partial charge on any atom is 0.304 e. The first-order valence-electron chi connectivity index (χ1n) is 12.9. The van der Waals surface area contributed by atoms with Crippen LogP contribution in [0.15, 0.2) is 48.5 Å². The van der Waals surface area contributed by atoms with Crippen molar-refractivity contribution in [3.8, 4) is 0 Å². The van der Waals surface area contributed by atoms with Gasteiger partial charge >= 0.3 is 5.97 Å². The molecule has 4 atom stereocenters. The summed E-state index contributed by atoms with van der Waals surface area (Å²) in [4.78, 5) is 41.5. The largest absolute Gasteiger partial charge is 0.481 e. The van der Waals surface area contributed by atoms with E-state index in [1.807, 2.05) is 6.07 Å². The molecule has 0 bridgehead atoms. The highest BCUT2D eigenvalue weighted by Gasteiger charge is 2.54. The second-order valence-corrected chi connectivity index (χ2v) is 13.8. The molecule has 1 heterocycles. The Labute approximate surface area is 238 Å². The van der Waals surface area contributed by atoms with E-state index in [0.717, 1.165) is 9.87 Å². The number of amides is 2. The molecule has 0 aromatic heterocycles. The van der Waals surface area contributed by atoms with Gasteiger partial charge in [-0.3, -0.25) is 14.4 Å². The van der Waals surface area contributed by atoms with Gasteiger partial charge < -0.3 is 10.0 Å². The molecule has 1 N–H and O–H groups in total. The smallest absolute Gasteiger partial charge is 0.304 e. The number of hydrogen-bond acceptors (Lipinski definition) is 5. The number of likely N-dealkylation sites (N-methyl/N-ethyl adjacent to an activating group) is 1. The molecule has 2 aromatic carbocycles. The van der Waals surface area contributed by atoms with Gasteiger partial charge in [-0.05, 0) is 61.1 Å². The Hall–Kier alpha value is -2.62. The average Bonchev–Trinajstić information content (AvgIpc) is 3.73. The van der Waals surface area contributed by atoms with Gasteiger partial charge in [0, 0.05) is 23.0 Å². The van der Waals surface area contributed by atoms with Gasteiger partial charge in [0.1, 0.15) is 6.04 Å². The van der Waals surface area contributed by atoms with E-state index < -0.39 is 62.9 Å². The Morgan fingerprint density at radius 3 is 2.28 bits per heavy atom. The molecule has 2 aliphatic rings. The summed E-state index contributed by atoms with van der Waals surface area (Å²) in [6.07, 6.45) is 0.835. The molecule has 0 radical (unpaired) electrons. The van der Waals surface area contributed by atoms with Crippen molar-refractivity contribution in [3.05, 3.63) is 69.7 Å². The third-order valence-electron chi connectivity index (χ3n) is 7.78. The molecule has 1 aliphatic heterocycles. The van der Waals surface area contributed by atoms with Gasteiger partial charge in [0.25, 0.3) is 5.91 Å². The number of sulfonamides is 1. The van der Waals surface area contributed by atoms with Crippen LogP contribution in [0.2, 0.25) is 10.0 Å². The van der Waals surface area contributed by atoms with Crippen LogP contribution in [0.1, 0.15) is 69.0 Å². The number of carbonyl (C=O) groups is 3. The van der Waals surface area contributed by atoms with Crippen LogP contribution in [0.3, 0.4) is 0 Å². The molecule has 11 heteroatoms. The quantitative estimate of drug-likeness (QED) is 0.423. The highest BCUT2D eigenvalue weighted by Crippen LogP contribution is 2.52. The second-order valence-electron chi connectivity index (χ2n) is 10.7. The van der Waals surface area contributed by atoms with Crippen LogP contribution in [0.5, 0.6) is 0 Å². The van der Waals surface area contributed by atoms with Crippen molar-refractivity contribution >= 4 is 51.0 Å². The monoisotopic (exact) mass is 594 g/mol. The first kappa shape index (κ1) is 29.4. The maximum absolute atomic E-state index is 14.3. The fraction of sp³-hybridized carbons (Fsp3) is 0.464. The molecule has 1 saturated heterocycles. The van der Waals surface area contributed by atoms with Crippen LogP contribution in [0.4, 0.5) is 0 Å². The fourth-order valence-electron chi connectivity index (χ4n) is 5.64.